The normalized spacial score (nSPS) is 13.9. The Morgan fingerprint density at radius 1 is 0.914 bits per heavy atom. The topological polar surface area (TPSA) is 88.6 Å². The molecule has 0 aliphatic carbocycles. The van der Waals surface area contributed by atoms with Crippen molar-refractivity contribution >= 4 is 23.2 Å². The fourth-order valence-electron chi connectivity index (χ4n) is 4.06. The van der Waals surface area contributed by atoms with E-state index in [1.165, 1.54) is 12.8 Å². The van der Waals surface area contributed by atoms with Crippen LogP contribution < -0.4 is 25.0 Å². The summed E-state index contributed by atoms with van der Waals surface area (Å²) in [5, 5.41) is 14.6. The summed E-state index contributed by atoms with van der Waals surface area (Å²) in [5.41, 5.74) is 2.91. The number of hydrogen-bond acceptors (Lipinski definition) is 6. The van der Waals surface area contributed by atoms with Gasteiger partial charge in [-0.3, -0.25) is 0 Å². The van der Waals surface area contributed by atoms with Gasteiger partial charge in [0.05, 0.1) is 18.9 Å². The highest BCUT2D eigenvalue weighted by molar-refractivity contribution is 6.00. The van der Waals surface area contributed by atoms with E-state index in [0.29, 0.717) is 36.1 Å². The number of hydrogen-bond donors (Lipinski definition) is 2. The van der Waals surface area contributed by atoms with Gasteiger partial charge in [0.2, 0.25) is 0 Å². The molecule has 0 unspecified atom stereocenters. The van der Waals surface area contributed by atoms with E-state index in [1.54, 1.807) is 18.2 Å². The lowest BCUT2D eigenvalue weighted by Crippen LogP contribution is -2.33. The van der Waals surface area contributed by atoms with Crippen LogP contribution in [-0.4, -0.2) is 42.5 Å². The number of nitrogens with one attached hydrogen (secondary N) is 2. The van der Waals surface area contributed by atoms with Crippen LogP contribution in [0, 0.1) is 5.92 Å². The highest BCUT2D eigenvalue weighted by Gasteiger charge is 2.17. The Morgan fingerprint density at radius 3 is 2.31 bits per heavy atom. The van der Waals surface area contributed by atoms with Gasteiger partial charge in [0, 0.05) is 36.1 Å². The van der Waals surface area contributed by atoms with Crippen LogP contribution in [0.3, 0.4) is 0 Å². The van der Waals surface area contributed by atoms with Gasteiger partial charge in [0.1, 0.15) is 0 Å². The number of nitrogens with zero attached hydrogens (tertiary/aromatic N) is 3. The van der Waals surface area contributed by atoms with Crippen LogP contribution in [0.5, 0.6) is 11.5 Å². The van der Waals surface area contributed by atoms with Crippen molar-refractivity contribution in [2.75, 3.05) is 41.8 Å². The van der Waals surface area contributed by atoms with Crippen molar-refractivity contribution < 1.29 is 14.3 Å². The Bertz CT molecular complexity index is 1130. The maximum absolute atomic E-state index is 12.6. The molecule has 2 N–H and O–H groups in total. The fraction of sp³-hybridized carbons (Fsp3) is 0.370. The zero-order chi connectivity index (χ0) is 24.6. The lowest BCUT2D eigenvalue weighted by molar-refractivity contribution is 0.262. The summed E-state index contributed by atoms with van der Waals surface area (Å²) in [6.45, 7) is 9.19. The first-order valence-electron chi connectivity index (χ1n) is 12.2. The maximum atomic E-state index is 12.6. The van der Waals surface area contributed by atoms with Gasteiger partial charge in [-0.25, -0.2) is 4.79 Å². The minimum absolute atomic E-state index is 0.352. The number of rotatable bonds is 8. The van der Waals surface area contributed by atoms with E-state index < -0.39 is 0 Å². The number of piperidine rings is 1. The summed E-state index contributed by atoms with van der Waals surface area (Å²) in [4.78, 5) is 14.9. The molecule has 1 fully saturated rings. The van der Waals surface area contributed by atoms with Gasteiger partial charge in [-0.05, 0) is 69.0 Å². The minimum Gasteiger partial charge on any atom is -0.490 e. The van der Waals surface area contributed by atoms with Crippen molar-refractivity contribution in [2.45, 2.75) is 33.6 Å². The van der Waals surface area contributed by atoms with E-state index in [0.717, 1.165) is 36.1 Å². The molecule has 0 atom stereocenters. The predicted octanol–water partition coefficient (Wildman–Crippen LogP) is 5.82. The maximum Gasteiger partial charge on any atom is 0.323 e. The van der Waals surface area contributed by atoms with Crippen molar-refractivity contribution in [3.63, 3.8) is 0 Å². The molecule has 0 spiro atoms. The van der Waals surface area contributed by atoms with Gasteiger partial charge < -0.3 is 25.0 Å². The zero-order valence-electron chi connectivity index (χ0n) is 20.6. The van der Waals surface area contributed by atoms with E-state index in [2.05, 4.69) is 32.7 Å². The van der Waals surface area contributed by atoms with Crippen LogP contribution in [0.4, 0.5) is 22.0 Å². The SMILES string of the molecule is CCOc1ccc(NC(=O)Nc2cccc(-c3ccc(N4CCC(C)CC4)nn3)c2)cc1OCC. The third-order valence-corrected chi connectivity index (χ3v) is 5.98. The lowest BCUT2D eigenvalue weighted by atomic mass is 9.99. The first-order valence-corrected chi connectivity index (χ1v) is 12.2. The standard InChI is InChI=1S/C27H33N5O3/c1-4-34-24-11-9-22(18-25(24)35-5-2)29-27(33)28-21-8-6-7-20(17-21)23-10-12-26(31-30-23)32-15-13-19(3)14-16-32/h6-12,17-19H,4-5,13-16H2,1-3H3,(H2,28,29,33). The second-order valence-corrected chi connectivity index (χ2v) is 8.63. The Labute approximate surface area is 206 Å². The molecular weight excluding hydrogens is 442 g/mol. The molecule has 2 amide bonds. The quantitative estimate of drug-likeness (QED) is 0.427. The van der Waals surface area contributed by atoms with Crippen LogP contribution in [0.15, 0.2) is 54.6 Å². The Morgan fingerprint density at radius 2 is 1.63 bits per heavy atom. The summed E-state index contributed by atoms with van der Waals surface area (Å²) in [6.07, 6.45) is 2.37. The molecule has 0 saturated carbocycles. The molecular formula is C27H33N5O3. The minimum atomic E-state index is -0.352. The van der Waals surface area contributed by atoms with E-state index >= 15 is 0 Å². The molecule has 1 saturated heterocycles. The molecule has 0 radical (unpaired) electrons. The molecule has 35 heavy (non-hydrogen) atoms. The van der Waals surface area contributed by atoms with Crippen molar-refractivity contribution in [3.05, 3.63) is 54.6 Å². The number of carbonyl (C=O) groups is 1. The fourth-order valence-corrected chi connectivity index (χ4v) is 4.06. The average molecular weight is 476 g/mol. The van der Waals surface area contributed by atoms with Crippen LogP contribution in [0.1, 0.15) is 33.6 Å². The second-order valence-electron chi connectivity index (χ2n) is 8.63. The molecule has 1 aliphatic rings. The molecule has 0 bridgehead atoms. The van der Waals surface area contributed by atoms with Crippen LogP contribution >= 0.6 is 0 Å². The van der Waals surface area contributed by atoms with Gasteiger partial charge in [0.25, 0.3) is 0 Å². The number of benzene rings is 2. The summed E-state index contributed by atoms with van der Waals surface area (Å²) in [6, 6.07) is 16.5. The van der Waals surface area contributed by atoms with E-state index in [4.69, 9.17) is 9.47 Å². The van der Waals surface area contributed by atoms with E-state index in [-0.39, 0.29) is 6.03 Å². The Hall–Kier alpha value is -3.81. The lowest BCUT2D eigenvalue weighted by Gasteiger charge is -2.30. The number of anilines is 3. The van der Waals surface area contributed by atoms with Gasteiger partial charge in [-0.1, -0.05) is 19.1 Å². The number of carbonyl (C=O) groups excluding carboxylic acids is 1. The van der Waals surface area contributed by atoms with E-state index in [9.17, 15) is 4.79 Å². The van der Waals surface area contributed by atoms with Crippen LogP contribution in [-0.2, 0) is 0 Å². The third kappa shape index (κ3) is 6.41. The molecule has 4 rings (SSSR count). The Kier molecular flexibility index (Phi) is 8.03. The summed E-state index contributed by atoms with van der Waals surface area (Å²) < 4.78 is 11.2. The van der Waals surface area contributed by atoms with Crippen LogP contribution in [0.25, 0.3) is 11.3 Å². The van der Waals surface area contributed by atoms with Gasteiger partial charge in [-0.2, -0.15) is 0 Å². The third-order valence-electron chi connectivity index (χ3n) is 5.98. The largest absolute Gasteiger partial charge is 0.490 e. The smallest absolute Gasteiger partial charge is 0.323 e. The molecule has 8 nitrogen and oxygen atoms in total. The van der Waals surface area contributed by atoms with Crippen molar-refractivity contribution in [2.24, 2.45) is 5.92 Å². The Balaban J connectivity index is 1.40. The highest BCUT2D eigenvalue weighted by Crippen LogP contribution is 2.31. The molecule has 2 aromatic carbocycles. The molecule has 1 aromatic heterocycles. The van der Waals surface area contributed by atoms with Crippen molar-refractivity contribution in [3.8, 4) is 22.8 Å². The number of aromatic nitrogens is 2. The first kappa shape index (κ1) is 24.3. The highest BCUT2D eigenvalue weighted by atomic mass is 16.5. The summed E-state index contributed by atoms with van der Waals surface area (Å²) >= 11 is 0. The molecule has 3 aromatic rings. The second kappa shape index (κ2) is 11.6. The zero-order valence-corrected chi connectivity index (χ0v) is 20.6. The summed E-state index contributed by atoms with van der Waals surface area (Å²) in [5.74, 6) is 2.92. The number of amides is 2. The van der Waals surface area contributed by atoms with Crippen LogP contribution in [0.2, 0.25) is 0 Å². The van der Waals surface area contributed by atoms with Gasteiger partial charge in [0.15, 0.2) is 17.3 Å². The molecule has 184 valence electrons. The number of ether oxygens (including phenoxy) is 2. The molecule has 8 heteroatoms. The molecule has 2 heterocycles. The summed E-state index contributed by atoms with van der Waals surface area (Å²) in [7, 11) is 0. The molecule has 1 aliphatic heterocycles. The average Bonchev–Trinajstić information content (AvgIpc) is 2.86. The number of urea groups is 1. The van der Waals surface area contributed by atoms with Gasteiger partial charge in [-0.15, -0.1) is 10.2 Å². The van der Waals surface area contributed by atoms with Crippen molar-refractivity contribution in [1.29, 1.82) is 0 Å². The van der Waals surface area contributed by atoms with Crippen molar-refractivity contribution in [1.82, 2.24) is 10.2 Å². The van der Waals surface area contributed by atoms with Gasteiger partial charge >= 0.3 is 6.03 Å². The predicted molar refractivity (Wildman–Crippen MR) is 140 cm³/mol. The first-order chi connectivity index (χ1) is 17.1. The monoisotopic (exact) mass is 475 g/mol. The van der Waals surface area contributed by atoms with E-state index in [1.807, 2.05) is 50.2 Å².